The lowest BCUT2D eigenvalue weighted by Gasteiger charge is -2.14. The summed E-state index contributed by atoms with van der Waals surface area (Å²) in [5.74, 6) is 4.64. The van der Waals surface area contributed by atoms with Gasteiger partial charge in [0.15, 0.2) is 0 Å². The number of hydrogen-bond donors (Lipinski definition) is 2. The van der Waals surface area contributed by atoms with Crippen molar-refractivity contribution in [1.82, 2.24) is 10.3 Å². The second-order valence-corrected chi connectivity index (χ2v) is 3.69. The number of hydrogen-bond acceptors (Lipinski definition) is 3. The number of carbonyl (C=O) groups excluding carboxylic acids is 2. The van der Waals surface area contributed by atoms with E-state index in [4.69, 9.17) is 5.84 Å². The van der Waals surface area contributed by atoms with Crippen LogP contribution in [0.4, 0.5) is 0 Å². The van der Waals surface area contributed by atoms with Gasteiger partial charge in [0.05, 0.1) is 5.92 Å². The largest absolute Gasteiger partial charge is 0.339 e. The Bertz CT molecular complexity index is 250. The van der Waals surface area contributed by atoms with Gasteiger partial charge in [-0.1, -0.05) is 0 Å². The third-order valence-corrected chi connectivity index (χ3v) is 2.66. The van der Waals surface area contributed by atoms with Gasteiger partial charge in [0, 0.05) is 19.0 Å². The Kier molecular flexibility index (Phi) is 1.95. The maximum atomic E-state index is 11.4. The minimum atomic E-state index is -0.238. The predicted octanol–water partition coefficient (Wildman–Crippen LogP) is -1.01. The number of rotatable bonds is 2. The average Bonchev–Trinajstić information content (AvgIpc) is 2.89. The van der Waals surface area contributed by atoms with Gasteiger partial charge in [0.2, 0.25) is 11.8 Å². The maximum absolute atomic E-state index is 11.4. The molecule has 0 radical (unpaired) electrons. The zero-order valence-electron chi connectivity index (χ0n) is 7.32. The molecule has 1 aliphatic carbocycles. The van der Waals surface area contributed by atoms with Gasteiger partial charge < -0.3 is 4.90 Å². The molecule has 5 heteroatoms. The molecule has 2 rings (SSSR count). The van der Waals surface area contributed by atoms with Crippen molar-refractivity contribution in [3.05, 3.63) is 0 Å². The molecule has 0 aromatic heterocycles. The summed E-state index contributed by atoms with van der Waals surface area (Å²) in [6.45, 7) is 0.548. The van der Waals surface area contributed by atoms with E-state index in [9.17, 15) is 9.59 Å². The van der Waals surface area contributed by atoms with Crippen molar-refractivity contribution in [2.45, 2.75) is 25.3 Å². The minimum Gasteiger partial charge on any atom is -0.339 e. The van der Waals surface area contributed by atoms with E-state index in [1.807, 2.05) is 0 Å². The van der Waals surface area contributed by atoms with Crippen molar-refractivity contribution in [1.29, 1.82) is 0 Å². The highest BCUT2D eigenvalue weighted by atomic mass is 16.2. The molecular formula is C8H13N3O2. The number of nitrogens with zero attached hydrogens (tertiary/aromatic N) is 1. The van der Waals surface area contributed by atoms with E-state index >= 15 is 0 Å². The molecule has 72 valence electrons. The van der Waals surface area contributed by atoms with Crippen LogP contribution in [0.15, 0.2) is 0 Å². The molecular weight excluding hydrogens is 170 g/mol. The van der Waals surface area contributed by atoms with Crippen molar-refractivity contribution in [2.24, 2.45) is 11.8 Å². The SMILES string of the molecule is NNC(=O)C1CC(=O)N(C2CC2)C1. The molecule has 1 atom stereocenters. The predicted molar refractivity (Wildman–Crippen MR) is 45.2 cm³/mol. The van der Waals surface area contributed by atoms with Crippen molar-refractivity contribution in [3.8, 4) is 0 Å². The fourth-order valence-corrected chi connectivity index (χ4v) is 1.76. The number of nitrogens with one attached hydrogen (secondary N) is 1. The summed E-state index contributed by atoms with van der Waals surface area (Å²) in [5, 5.41) is 0. The molecule has 0 aromatic carbocycles. The van der Waals surface area contributed by atoms with Gasteiger partial charge in [-0.2, -0.15) is 0 Å². The summed E-state index contributed by atoms with van der Waals surface area (Å²) in [6.07, 6.45) is 2.49. The van der Waals surface area contributed by atoms with Gasteiger partial charge in [-0.05, 0) is 12.8 Å². The standard InChI is InChI=1S/C8H13N3O2/c9-10-8(13)5-3-7(12)11(4-5)6-1-2-6/h5-6H,1-4,9H2,(H,10,13). The molecule has 0 aromatic rings. The van der Waals surface area contributed by atoms with Gasteiger partial charge >= 0.3 is 0 Å². The lowest BCUT2D eigenvalue weighted by molar-refractivity contribution is -0.129. The van der Waals surface area contributed by atoms with Crippen molar-refractivity contribution in [3.63, 3.8) is 0 Å². The molecule has 5 nitrogen and oxygen atoms in total. The average molecular weight is 183 g/mol. The van der Waals surface area contributed by atoms with E-state index in [0.717, 1.165) is 12.8 Å². The quantitative estimate of drug-likeness (QED) is 0.327. The Balaban J connectivity index is 1.97. The van der Waals surface area contributed by atoms with Gasteiger partial charge in [0.1, 0.15) is 0 Å². The van der Waals surface area contributed by atoms with Gasteiger partial charge in [-0.15, -0.1) is 0 Å². The van der Waals surface area contributed by atoms with E-state index in [1.165, 1.54) is 0 Å². The fourth-order valence-electron chi connectivity index (χ4n) is 1.76. The molecule has 1 aliphatic heterocycles. The van der Waals surface area contributed by atoms with Crippen molar-refractivity contribution in [2.75, 3.05) is 6.54 Å². The van der Waals surface area contributed by atoms with Crippen LogP contribution in [0.25, 0.3) is 0 Å². The zero-order chi connectivity index (χ0) is 9.42. The summed E-state index contributed by atoms with van der Waals surface area (Å²) < 4.78 is 0. The highest BCUT2D eigenvalue weighted by molar-refractivity contribution is 5.89. The van der Waals surface area contributed by atoms with Crippen LogP contribution < -0.4 is 11.3 Å². The normalized spacial score (nSPS) is 27.9. The van der Waals surface area contributed by atoms with Crippen LogP contribution in [-0.4, -0.2) is 29.3 Å². The van der Waals surface area contributed by atoms with Crippen molar-refractivity contribution < 1.29 is 9.59 Å². The number of nitrogens with two attached hydrogens (primary N) is 1. The second kappa shape index (κ2) is 2.99. The molecule has 0 spiro atoms. The molecule has 0 bridgehead atoms. The summed E-state index contributed by atoms with van der Waals surface area (Å²) in [4.78, 5) is 24.3. The molecule has 13 heavy (non-hydrogen) atoms. The molecule has 1 unspecified atom stereocenters. The lowest BCUT2D eigenvalue weighted by atomic mass is 10.1. The van der Waals surface area contributed by atoms with Crippen molar-refractivity contribution >= 4 is 11.8 Å². The third-order valence-electron chi connectivity index (χ3n) is 2.66. The maximum Gasteiger partial charge on any atom is 0.239 e. The fraction of sp³-hybridized carbons (Fsp3) is 0.750. The van der Waals surface area contributed by atoms with Crippen LogP contribution in [0.2, 0.25) is 0 Å². The summed E-state index contributed by atoms with van der Waals surface area (Å²) in [7, 11) is 0. The number of carbonyl (C=O) groups is 2. The number of likely N-dealkylation sites (tertiary alicyclic amines) is 1. The van der Waals surface area contributed by atoms with Gasteiger partial charge in [-0.25, -0.2) is 5.84 Å². The Morgan fingerprint density at radius 1 is 1.54 bits per heavy atom. The molecule has 1 saturated carbocycles. The Morgan fingerprint density at radius 3 is 2.77 bits per heavy atom. The Morgan fingerprint density at radius 2 is 2.23 bits per heavy atom. The molecule has 1 saturated heterocycles. The van der Waals surface area contributed by atoms with Gasteiger partial charge in [0.25, 0.3) is 0 Å². The number of amides is 2. The zero-order valence-corrected chi connectivity index (χ0v) is 7.32. The first-order valence-electron chi connectivity index (χ1n) is 4.52. The van der Waals surface area contributed by atoms with Gasteiger partial charge in [-0.3, -0.25) is 15.0 Å². The first-order valence-corrected chi connectivity index (χ1v) is 4.52. The first kappa shape index (κ1) is 8.50. The topological polar surface area (TPSA) is 75.4 Å². The second-order valence-electron chi connectivity index (χ2n) is 3.69. The minimum absolute atomic E-state index is 0.0936. The summed E-state index contributed by atoms with van der Waals surface area (Å²) in [5.41, 5.74) is 2.09. The molecule has 2 amide bonds. The van der Waals surface area contributed by atoms with E-state index in [1.54, 1.807) is 4.90 Å². The lowest BCUT2D eigenvalue weighted by Crippen LogP contribution is -2.37. The van der Waals surface area contributed by atoms with Crippen LogP contribution in [0, 0.1) is 5.92 Å². The third kappa shape index (κ3) is 1.51. The Hall–Kier alpha value is -1.10. The molecule has 1 heterocycles. The van der Waals surface area contributed by atoms with Crippen LogP contribution in [-0.2, 0) is 9.59 Å². The smallest absolute Gasteiger partial charge is 0.239 e. The van der Waals surface area contributed by atoms with Crippen LogP contribution in [0.3, 0.4) is 0 Å². The highest BCUT2D eigenvalue weighted by Crippen LogP contribution is 2.32. The summed E-state index contributed by atoms with van der Waals surface area (Å²) >= 11 is 0. The molecule has 2 fully saturated rings. The number of hydrazine groups is 1. The Labute approximate surface area is 76.2 Å². The van der Waals surface area contributed by atoms with Crippen LogP contribution in [0.1, 0.15) is 19.3 Å². The van der Waals surface area contributed by atoms with Crippen LogP contribution >= 0.6 is 0 Å². The first-order chi connectivity index (χ1) is 6.22. The van der Waals surface area contributed by atoms with E-state index in [0.29, 0.717) is 19.0 Å². The molecule has 2 aliphatic rings. The molecule has 3 N–H and O–H groups in total. The van der Waals surface area contributed by atoms with E-state index in [2.05, 4.69) is 5.43 Å². The van der Waals surface area contributed by atoms with Crippen LogP contribution in [0.5, 0.6) is 0 Å². The summed E-state index contributed by atoms with van der Waals surface area (Å²) in [6, 6.07) is 0.406. The van der Waals surface area contributed by atoms with E-state index in [-0.39, 0.29) is 17.7 Å². The van der Waals surface area contributed by atoms with E-state index < -0.39 is 0 Å². The highest BCUT2D eigenvalue weighted by Gasteiger charge is 2.41. The monoisotopic (exact) mass is 183 g/mol.